The number of nitrogens with zero attached hydrogens (tertiary/aromatic N) is 1. The van der Waals surface area contributed by atoms with Crippen LogP contribution in [-0.2, 0) is 18.9 Å². The van der Waals surface area contributed by atoms with Crippen LogP contribution in [0.5, 0.6) is 0 Å². The quantitative estimate of drug-likeness (QED) is 0.601. The molecule has 2 heterocycles. The predicted molar refractivity (Wildman–Crippen MR) is 113 cm³/mol. The highest BCUT2D eigenvalue weighted by atomic mass is 19.1. The Morgan fingerprint density at radius 2 is 1.69 bits per heavy atom. The molecule has 6 nitrogen and oxygen atoms in total. The van der Waals surface area contributed by atoms with Gasteiger partial charge >= 0.3 is 7.12 Å². The summed E-state index contributed by atoms with van der Waals surface area (Å²) in [5.41, 5.74) is 0.0458. The third-order valence-electron chi connectivity index (χ3n) is 4.86. The Kier molecular flexibility index (Phi) is 8.99. The zero-order valence-electron chi connectivity index (χ0n) is 18.5. The fraction of sp³-hybridized carbons (Fsp3) is 0.619. The van der Waals surface area contributed by atoms with Gasteiger partial charge in [-0.3, -0.25) is 4.79 Å². The average Bonchev–Trinajstić information content (AvgIpc) is 3.08. The second kappa shape index (κ2) is 10.3. The van der Waals surface area contributed by atoms with E-state index >= 15 is 0 Å². The van der Waals surface area contributed by atoms with Gasteiger partial charge in [-0.15, -0.1) is 0 Å². The molecule has 0 radical (unpaired) electrons. The van der Waals surface area contributed by atoms with Crippen LogP contribution >= 0.6 is 0 Å². The highest BCUT2D eigenvalue weighted by molar-refractivity contribution is 6.62. The third-order valence-corrected chi connectivity index (χ3v) is 4.86. The number of hydrogen-bond donors (Lipinski definition) is 1. The lowest BCUT2D eigenvalue weighted by Crippen LogP contribution is -2.41. The van der Waals surface area contributed by atoms with Crippen molar-refractivity contribution in [2.24, 2.45) is 0 Å². The maximum atomic E-state index is 14.4. The average molecular weight is 409 g/mol. The van der Waals surface area contributed by atoms with Crippen molar-refractivity contribution in [1.82, 2.24) is 0 Å². The summed E-state index contributed by atoms with van der Waals surface area (Å²) in [7, 11) is -0.595. The first-order valence-electron chi connectivity index (χ1n) is 9.89. The standard InChI is InChI=1S/C16H21BFNO3.C3H8O.C2H4O/c1-15(2)16(3,4)22-17(21-15)11-7-8-13(12(18)10-11)19-9-5-6-14(19)20;1-3(2)4;1-2-3/h7-8,10H,5-6,9H2,1-4H3;3-4H,1-2H3;2H,1H3. The number of aliphatic hydroxyl groups is 1. The number of rotatable bonds is 2. The van der Waals surface area contributed by atoms with Gasteiger partial charge in [0.05, 0.1) is 16.9 Å². The molecule has 8 heteroatoms. The molecule has 2 aliphatic heterocycles. The maximum absolute atomic E-state index is 14.4. The van der Waals surface area contributed by atoms with E-state index in [1.54, 1.807) is 26.0 Å². The number of aliphatic hydroxyl groups excluding tert-OH is 1. The van der Waals surface area contributed by atoms with Gasteiger partial charge in [0.2, 0.25) is 5.91 Å². The molecule has 2 saturated heterocycles. The Labute approximate surface area is 173 Å². The molecule has 1 N–H and O–H groups in total. The van der Waals surface area contributed by atoms with Gasteiger partial charge in [0.1, 0.15) is 12.1 Å². The SMILES string of the molecule is CC(C)O.CC1(C)OB(c2ccc(N3CCCC3=O)c(F)c2)OC1(C)C.CC=O. The minimum absolute atomic E-state index is 0.0257. The Morgan fingerprint density at radius 3 is 2.07 bits per heavy atom. The molecule has 0 aromatic heterocycles. The second-order valence-electron chi connectivity index (χ2n) is 8.28. The normalized spacial score (nSPS) is 19.4. The fourth-order valence-corrected chi connectivity index (χ4v) is 2.77. The summed E-state index contributed by atoms with van der Waals surface area (Å²) in [6.45, 7) is 13.3. The topological polar surface area (TPSA) is 76.1 Å². The number of carbonyl (C=O) groups is 2. The molecule has 3 rings (SSSR count). The summed E-state index contributed by atoms with van der Waals surface area (Å²) in [6, 6.07) is 4.81. The van der Waals surface area contributed by atoms with Gasteiger partial charge in [-0.05, 0) is 72.5 Å². The van der Waals surface area contributed by atoms with Crippen molar-refractivity contribution in [3.05, 3.63) is 24.0 Å². The van der Waals surface area contributed by atoms with E-state index in [2.05, 4.69) is 0 Å². The first kappa shape index (κ1) is 25.3. The summed E-state index contributed by atoms with van der Waals surface area (Å²) >= 11 is 0. The van der Waals surface area contributed by atoms with E-state index in [9.17, 15) is 9.18 Å². The van der Waals surface area contributed by atoms with Crippen LogP contribution in [-0.4, -0.2) is 48.3 Å². The van der Waals surface area contributed by atoms with E-state index in [0.29, 0.717) is 24.1 Å². The summed E-state index contributed by atoms with van der Waals surface area (Å²) in [5, 5.41) is 8.06. The lowest BCUT2D eigenvalue weighted by atomic mass is 9.79. The molecule has 162 valence electrons. The van der Waals surface area contributed by atoms with E-state index in [1.165, 1.54) is 17.9 Å². The smallest absolute Gasteiger partial charge is 0.399 e. The van der Waals surface area contributed by atoms with Gasteiger partial charge < -0.3 is 24.1 Å². The molecule has 2 fully saturated rings. The van der Waals surface area contributed by atoms with Crippen molar-refractivity contribution in [3.63, 3.8) is 0 Å². The molecule has 0 unspecified atom stereocenters. The van der Waals surface area contributed by atoms with E-state index in [-0.39, 0.29) is 12.0 Å². The first-order chi connectivity index (χ1) is 13.4. The predicted octanol–water partition coefficient (Wildman–Crippen LogP) is 2.84. The molecule has 0 bridgehead atoms. The van der Waals surface area contributed by atoms with E-state index in [4.69, 9.17) is 19.2 Å². The Bertz CT molecular complexity index is 690. The molecule has 0 spiro atoms. The molecule has 1 aromatic carbocycles. The second-order valence-corrected chi connectivity index (χ2v) is 8.28. The summed E-state index contributed by atoms with van der Waals surface area (Å²) < 4.78 is 26.3. The van der Waals surface area contributed by atoms with Crippen LogP contribution in [0.15, 0.2) is 18.2 Å². The maximum Gasteiger partial charge on any atom is 0.494 e. The molecule has 2 aliphatic rings. The van der Waals surface area contributed by atoms with Crippen LogP contribution in [0.4, 0.5) is 10.1 Å². The molecule has 1 amide bonds. The van der Waals surface area contributed by atoms with Crippen molar-refractivity contribution in [1.29, 1.82) is 0 Å². The van der Waals surface area contributed by atoms with Crippen LogP contribution in [0.1, 0.15) is 61.3 Å². The lowest BCUT2D eigenvalue weighted by Gasteiger charge is -2.32. The van der Waals surface area contributed by atoms with Gasteiger partial charge in [-0.2, -0.15) is 0 Å². The Balaban J connectivity index is 0.000000526. The largest absolute Gasteiger partial charge is 0.494 e. The van der Waals surface area contributed by atoms with Crippen molar-refractivity contribution in [3.8, 4) is 0 Å². The number of halogens is 1. The van der Waals surface area contributed by atoms with Crippen molar-refractivity contribution >= 4 is 30.5 Å². The molecule has 0 atom stereocenters. The van der Waals surface area contributed by atoms with Gasteiger partial charge in [0.15, 0.2) is 0 Å². The zero-order valence-corrected chi connectivity index (χ0v) is 18.5. The Hall–Kier alpha value is -1.77. The Morgan fingerprint density at radius 1 is 1.21 bits per heavy atom. The number of anilines is 1. The van der Waals surface area contributed by atoms with Crippen molar-refractivity contribution in [2.45, 2.75) is 78.6 Å². The summed E-state index contributed by atoms with van der Waals surface area (Å²) in [5.74, 6) is -0.440. The number of aldehydes is 1. The lowest BCUT2D eigenvalue weighted by molar-refractivity contribution is -0.117. The monoisotopic (exact) mass is 409 g/mol. The number of hydrogen-bond acceptors (Lipinski definition) is 5. The van der Waals surface area contributed by atoms with Gasteiger partial charge in [-0.25, -0.2) is 4.39 Å². The molecule has 0 aliphatic carbocycles. The first-order valence-corrected chi connectivity index (χ1v) is 9.89. The van der Waals surface area contributed by atoms with Gasteiger partial charge in [0.25, 0.3) is 0 Å². The highest BCUT2D eigenvalue weighted by Gasteiger charge is 2.51. The van der Waals surface area contributed by atoms with E-state index in [0.717, 1.165) is 12.7 Å². The zero-order chi connectivity index (χ0) is 22.4. The van der Waals surface area contributed by atoms with E-state index in [1.807, 2.05) is 27.7 Å². The van der Waals surface area contributed by atoms with Crippen molar-refractivity contribution < 1.29 is 28.4 Å². The molecule has 0 saturated carbocycles. The van der Waals surface area contributed by atoms with Crippen LogP contribution in [0, 0.1) is 5.82 Å². The van der Waals surface area contributed by atoms with Crippen LogP contribution < -0.4 is 10.4 Å². The van der Waals surface area contributed by atoms with Crippen molar-refractivity contribution in [2.75, 3.05) is 11.4 Å². The van der Waals surface area contributed by atoms with Crippen LogP contribution in [0.2, 0.25) is 0 Å². The summed E-state index contributed by atoms with van der Waals surface area (Å²) in [6.07, 6.45) is 1.84. The van der Waals surface area contributed by atoms with Crippen LogP contribution in [0.3, 0.4) is 0 Å². The van der Waals surface area contributed by atoms with Gasteiger partial charge in [-0.1, -0.05) is 6.07 Å². The minimum Gasteiger partial charge on any atom is -0.399 e. The molecular formula is C21H33BFNO5. The number of amides is 1. The number of benzene rings is 1. The van der Waals surface area contributed by atoms with E-state index < -0.39 is 24.1 Å². The minimum atomic E-state index is -0.595. The third kappa shape index (κ3) is 6.62. The molecule has 29 heavy (non-hydrogen) atoms. The van der Waals surface area contributed by atoms with Crippen LogP contribution in [0.25, 0.3) is 0 Å². The molecular weight excluding hydrogens is 376 g/mol. The highest BCUT2D eigenvalue weighted by Crippen LogP contribution is 2.36. The summed E-state index contributed by atoms with van der Waals surface area (Å²) in [4.78, 5) is 22.1. The van der Waals surface area contributed by atoms with Gasteiger partial charge in [0, 0.05) is 19.1 Å². The number of carbonyl (C=O) groups excluding carboxylic acids is 2. The fourth-order valence-electron chi connectivity index (χ4n) is 2.77. The molecule has 1 aromatic rings.